The molecule has 4 rings (SSSR count). The van der Waals surface area contributed by atoms with E-state index in [2.05, 4.69) is 21.0 Å². The van der Waals surface area contributed by atoms with Gasteiger partial charge in [-0.25, -0.2) is 17.6 Å². The molecule has 272 valence electrons. The summed E-state index contributed by atoms with van der Waals surface area (Å²) in [5.41, 5.74) is 0.436. The van der Waals surface area contributed by atoms with Gasteiger partial charge in [-0.05, 0) is 76.4 Å². The van der Waals surface area contributed by atoms with Gasteiger partial charge in [-0.15, -0.1) is 0 Å². The van der Waals surface area contributed by atoms with Gasteiger partial charge in [-0.2, -0.15) is 5.10 Å². The zero-order chi connectivity index (χ0) is 35.9. The number of alkyl halides is 3. The van der Waals surface area contributed by atoms with Crippen LogP contribution in [0.5, 0.6) is 0 Å². The zero-order valence-electron chi connectivity index (χ0n) is 29.3. The summed E-state index contributed by atoms with van der Waals surface area (Å²) in [5.74, 6) is -6.23. The number of benzene rings is 1. The third kappa shape index (κ3) is 9.20. The van der Waals surface area contributed by atoms with E-state index in [-0.39, 0.29) is 35.0 Å². The minimum Gasteiger partial charge on any atom is -0.351 e. The monoisotopic (exact) mass is 692 g/mol. The van der Waals surface area contributed by atoms with Crippen LogP contribution < -0.4 is 16.0 Å². The Labute approximate surface area is 286 Å². The van der Waals surface area contributed by atoms with E-state index in [1.54, 1.807) is 16.9 Å². The summed E-state index contributed by atoms with van der Waals surface area (Å²) in [7, 11) is 2.29. The first kappa shape index (κ1) is 38.3. The second-order valence-electron chi connectivity index (χ2n) is 14.3. The third-order valence-corrected chi connectivity index (χ3v) is 10.5. The molecule has 3 amide bonds. The minimum absolute atomic E-state index is 0.0793. The predicted molar refractivity (Wildman–Crippen MR) is 180 cm³/mol. The van der Waals surface area contributed by atoms with Gasteiger partial charge in [-0.1, -0.05) is 70.3 Å². The molecule has 3 N–H and O–H groups in total. The van der Waals surface area contributed by atoms with Crippen LogP contribution in [0.2, 0.25) is 0 Å². The lowest BCUT2D eigenvalue weighted by molar-refractivity contribution is -0.134. The fourth-order valence-corrected chi connectivity index (χ4v) is 7.48. The van der Waals surface area contributed by atoms with E-state index in [1.165, 1.54) is 19.1 Å². The number of rotatable bonds is 14. The maximum atomic E-state index is 15.6. The summed E-state index contributed by atoms with van der Waals surface area (Å²) in [6.45, 7) is 4.33. The number of carbonyl (C=O) groups excluding carboxylic acids is 3. The molecule has 0 radical (unpaired) electrons. The Morgan fingerprint density at radius 3 is 2.04 bits per heavy atom. The standard InChI is InChI=1S/C36H52F4N6O3/c1-22(2)46-29(18-19-42-46)33(48)44-31(30(24-12-8-6-9-13-24)25-14-10-7-11-15-25)34(49)43-28-17-16-26(20-27(28)37)23(3)32(47)41-21-36(40,35(38)39)45(4)5/h16-20,22-25,30-31,35H,6-15,21H2,1-5H3,(H,41,47)(H,43,49)(H,44,48)/t23-,31-,36?/m0/s1. The van der Waals surface area contributed by atoms with Crippen molar-refractivity contribution in [1.82, 2.24) is 25.3 Å². The zero-order valence-corrected chi connectivity index (χ0v) is 29.3. The highest BCUT2D eigenvalue weighted by Crippen LogP contribution is 2.42. The van der Waals surface area contributed by atoms with E-state index in [0.717, 1.165) is 84.4 Å². The normalized spacial score (nSPS) is 18.8. The summed E-state index contributed by atoms with van der Waals surface area (Å²) >= 11 is 0. The highest BCUT2D eigenvalue weighted by Gasteiger charge is 2.44. The van der Waals surface area contributed by atoms with Crippen molar-refractivity contribution in [2.45, 2.75) is 115 Å². The first-order valence-electron chi connectivity index (χ1n) is 17.6. The number of halogens is 4. The van der Waals surface area contributed by atoms with Gasteiger partial charge >= 0.3 is 0 Å². The van der Waals surface area contributed by atoms with Crippen LogP contribution >= 0.6 is 0 Å². The number of aromatic nitrogens is 2. The van der Waals surface area contributed by atoms with Gasteiger partial charge < -0.3 is 16.0 Å². The van der Waals surface area contributed by atoms with Gasteiger partial charge in [0.05, 0.1) is 18.2 Å². The lowest BCUT2D eigenvalue weighted by atomic mass is 9.66. The number of nitrogens with one attached hydrogen (secondary N) is 3. The lowest BCUT2D eigenvalue weighted by Crippen LogP contribution is -2.54. The smallest absolute Gasteiger partial charge is 0.287 e. The minimum atomic E-state index is -3.36. The molecule has 0 saturated heterocycles. The largest absolute Gasteiger partial charge is 0.351 e. The number of nitrogens with zero attached hydrogens (tertiary/aromatic N) is 3. The number of amides is 3. The Kier molecular flexibility index (Phi) is 13.3. The Bertz CT molecular complexity index is 1400. The van der Waals surface area contributed by atoms with Crippen molar-refractivity contribution >= 4 is 23.4 Å². The van der Waals surface area contributed by atoms with E-state index >= 15 is 4.39 Å². The highest BCUT2D eigenvalue weighted by atomic mass is 19.3. The van der Waals surface area contributed by atoms with Crippen LogP contribution in [0.1, 0.15) is 113 Å². The summed E-state index contributed by atoms with van der Waals surface area (Å²) in [6, 6.07) is 4.51. The molecule has 3 atom stereocenters. The fourth-order valence-electron chi connectivity index (χ4n) is 7.48. The quantitative estimate of drug-likeness (QED) is 0.149. The van der Waals surface area contributed by atoms with Crippen LogP contribution in [-0.4, -0.2) is 71.3 Å². The first-order chi connectivity index (χ1) is 23.2. The summed E-state index contributed by atoms with van der Waals surface area (Å²) in [4.78, 5) is 41.5. The van der Waals surface area contributed by atoms with E-state index in [4.69, 9.17) is 0 Å². The second kappa shape index (κ2) is 17.0. The van der Waals surface area contributed by atoms with Gasteiger partial charge in [0.1, 0.15) is 17.6 Å². The second-order valence-corrected chi connectivity index (χ2v) is 14.3. The molecule has 1 aromatic carbocycles. The molecule has 0 bridgehead atoms. The van der Waals surface area contributed by atoms with E-state index < -0.39 is 54.3 Å². The lowest BCUT2D eigenvalue weighted by Gasteiger charge is -2.42. The van der Waals surface area contributed by atoms with Crippen LogP contribution in [0.4, 0.5) is 23.2 Å². The summed E-state index contributed by atoms with van der Waals surface area (Å²) < 4.78 is 58.6. The van der Waals surface area contributed by atoms with Crippen LogP contribution in [0, 0.1) is 23.6 Å². The Balaban J connectivity index is 1.58. The Hall–Kier alpha value is -3.48. The first-order valence-corrected chi connectivity index (χ1v) is 17.6. The topological polar surface area (TPSA) is 108 Å². The van der Waals surface area contributed by atoms with Gasteiger partial charge in [0.2, 0.25) is 17.6 Å². The van der Waals surface area contributed by atoms with E-state index in [1.807, 2.05) is 13.8 Å². The number of likely N-dealkylation sites (N-methyl/N-ethyl adjacent to an activating group) is 1. The van der Waals surface area contributed by atoms with Crippen LogP contribution in [0.15, 0.2) is 30.5 Å². The molecule has 13 heteroatoms. The number of hydrogen-bond acceptors (Lipinski definition) is 5. The average Bonchev–Trinajstić information content (AvgIpc) is 3.59. The fraction of sp³-hybridized carbons (Fsp3) is 0.667. The predicted octanol–water partition coefficient (Wildman–Crippen LogP) is 6.83. The van der Waals surface area contributed by atoms with Gasteiger partial charge in [-0.3, -0.25) is 24.0 Å². The Morgan fingerprint density at radius 1 is 0.939 bits per heavy atom. The summed E-state index contributed by atoms with van der Waals surface area (Å²) in [5, 5.41) is 12.3. The van der Waals surface area contributed by atoms with Crippen molar-refractivity contribution in [3.63, 3.8) is 0 Å². The van der Waals surface area contributed by atoms with Crippen molar-refractivity contribution in [3.05, 3.63) is 47.5 Å². The molecule has 2 aliphatic rings. The number of carbonyl (C=O) groups is 3. The van der Waals surface area contributed by atoms with E-state index in [0.29, 0.717) is 10.6 Å². The molecule has 49 heavy (non-hydrogen) atoms. The molecule has 2 fully saturated rings. The van der Waals surface area contributed by atoms with Crippen molar-refractivity contribution in [3.8, 4) is 0 Å². The highest BCUT2D eigenvalue weighted by molar-refractivity contribution is 6.01. The third-order valence-electron chi connectivity index (χ3n) is 10.5. The van der Waals surface area contributed by atoms with Gasteiger partial charge in [0.15, 0.2) is 0 Å². The molecular formula is C36H52F4N6O3. The van der Waals surface area contributed by atoms with Crippen molar-refractivity contribution in [1.29, 1.82) is 0 Å². The van der Waals surface area contributed by atoms with Crippen LogP contribution in [-0.2, 0) is 9.59 Å². The average molecular weight is 693 g/mol. The molecule has 0 aliphatic heterocycles. The maximum Gasteiger partial charge on any atom is 0.287 e. The maximum absolute atomic E-state index is 15.6. The molecule has 2 aromatic rings. The van der Waals surface area contributed by atoms with Crippen molar-refractivity contribution in [2.24, 2.45) is 17.8 Å². The molecule has 9 nitrogen and oxygen atoms in total. The van der Waals surface area contributed by atoms with Crippen molar-refractivity contribution < 1.29 is 31.9 Å². The molecule has 1 aromatic heterocycles. The number of hydrogen-bond donors (Lipinski definition) is 3. The molecule has 2 aliphatic carbocycles. The summed E-state index contributed by atoms with van der Waals surface area (Å²) in [6.07, 6.45) is 8.53. The number of anilines is 1. The molecule has 0 spiro atoms. The van der Waals surface area contributed by atoms with Crippen LogP contribution in [0.25, 0.3) is 0 Å². The molecular weight excluding hydrogens is 640 g/mol. The van der Waals surface area contributed by atoms with E-state index in [9.17, 15) is 27.6 Å². The SMILES string of the molecule is CC(C)n1nccc1C(=O)N[C@H](C(=O)Nc1ccc([C@H](C)C(=O)NCC(F)(C(F)F)N(C)C)cc1F)C(C1CCCCC1)C1CCCCC1. The van der Waals surface area contributed by atoms with Crippen LogP contribution in [0.3, 0.4) is 0 Å². The molecule has 2 saturated carbocycles. The molecule has 1 unspecified atom stereocenters. The van der Waals surface area contributed by atoms with Crippen molar-refractivity contribution in [2.75, 3.05) is 26.0 Å². The molecule has 1 heterocycles. The van der Waals surface area contributed by atoms with Gasteiger partial charge in [0, 0.05) is 12.2 Å². The Morgan fingerprint density at radius 2 is 1.53 bits per heavy atom. The van der Waals surface area contributed by atoms with Gasteiger partial charge in [0.25, 0.3) is 12.3 Å².